The van der Waals surface area contributed by atoms with Crippen molar-refractivity contribution in [3.8, 4) is 0 Å². The van der Waals surface area contributed by atoms with Crippen LogP contribution in [0.4, 0.5) is 0 Å². The molecule has 1 aromatic rings. The van der Waals surface area contributed by atoms with Crippen LogP contribution in [0.15, 0.2) is 24.5 Å². The molecule has 2 fully saturated rings. The molecule has 0 bridgehead atoms. The molecule has 1 saturated carbocycles. The maximum atomic E-state index is 4.08. The third-order valence-corrected chi connectivity index (χ3v) is 4.03. The molecule has 18 heavy (non-hydrogen) atoms. The molecule has 0 radical (unpaired) electrons. The first-order chi connectivity index (χ1) is 8.90. The van der Waals surface area contributed by atoms with Crippen molar-refractivity contribution in [2.24, 2.45) is 5.92 Å². The fraction of sp³-hybridized carbons (Fsp3) is 0.667. The zero-order chi connectivity index (χ0) is 12.2. The Kier molecular flexibility index (Phi) is 3.91. The standard InChI is InChI=1S/C15H23N3/c1-2-14(10-17-15-3-4-15)12-18(9-1)11-13-5-7-16-8-6-13/h5-8,14-15,17H,1-4,9-12H2. The Balaban J connectivity index is 1.47. The lowest BCUT2D eigenvalue weighted by molar-refractivity contribution is 0.165. The second-order valence-electron chi connectivity index (χ2n) is 5.78. The predicted molar refractivity (Wildman–Crippen MR) is 73.3 cm³/mol. The summed E-state index contributed by atoms with van der Waals surface area (Å²) in [6.45, 7) is 4.81. The summed E-state index contributed by atoms with van der Waals surface area (Å²) in [5, 5.41) is 3.67. The number of hydrogen-bond donors (Lipinski definition) is 1. The van der Waals surface area contributed by atoms with Gasteiger partial charge in [0.05, 0.1) is 0 Å². The zero-order valence-electron chi connectivity index (χ0n) is 11.0. The van der Waals surface area contributed by atoms with Crippen molar-refractivity contribution in [1.29, 1.82) is 0 Å². The Morgan fingerprint density at radius 3 is 2.83 bits per heavy atom. The maximum Gasteiger partial charge on any atom is 0.0271 e. The lowest BCUT2D eigenvalue weighted by Gasteiger charge is -2.33. The van der Waals surface area contributed by atoms with Gasteiger partial charge in [0.15, 0.2) is 0 Å². The van der Waals surface area contributed by atoms with Crippen molar-refractivity contribution in [1.82, 2.24) is 15.2 Å². The third kappa shape index (κ3) is 3.53. The number of nitrogens with zero attached hydrogens (tertiary/aromatic N) is 2. The number of pyridine rings is 1. The molecule has 1 N–H and O–H groups in total. The number of aromatic nitrogens is 1. The van der Waals surface area contributed by atoms with Crippen LogP contribution in [0.3, 0.4) is 0 Å². The molecular weight excluding hydrogens is 222 g/mol. The van der Waals surface area contributed by atoms with Crippen LogP contribution >= 0.6 is 0 Å². The van der Waals surface area contributed by atoms with E-state index in [1.165, 1.54) is 50.9 Å². The molecule has 1 aliphatic carbocycles. The predicted octanol–water partition coefficient (Wildman–Crippen LogP) is 2.05. The van der Waals surface area contributed by atoms with Gasteiger partial charge in [-0.15, -0.1) is 0 Å². The molecule has 2 aliphatic rings. The van der Waals surface area contributed by atoms with E-state index in [4.69, 9.17) is 0 Å². The average molecular weight is 245 g/mol. The fourth-order valence-corrected chi connectivity index (χ4v) is 2.83. The number of rotatable bonds is 5. The van der Waals surface area contributed by atoms with E-state index >= 15 is 0 Å². The highest BCUT2D eigenvalue weighted by Crippen LogP contribution is 2.22. The minimum Gasteiger partial charge on any atom is -0.314 e. The summed E-state index contributed by atoms with van der Waals surface area (Å²) in [6, 6.07) is 5.11. The van der Waals surface area contributed by atoms with Gasteiger partial charge < -0.3 is 5.32 Å². The summed E-state index contributed by atoms with van der Waals surface area (Å²) < 4.78 is 0. The molecule has 3 heteroatoms. The second-order valence-corrected chi connectivity index (χ2v) is 5.78. The van der Waals surface area contributed by atoms with E-state index in [0.29, 0.717) is 0 Å². The van der Waals surface area contributed by atoms with E-state index in [2.05, 4.69) is 27.3 Å². The van der Waals surface area contributed by atoms with Gasteiger partial charge in [-0.2, -0.15) is 0 Å². The van der Waals surface area contributed by atoms with Crippen LogP contribution in [0.5, 0.6) is 0 Å². The molecule has 1 aromatic heterocycles. The summed E-state index contributed by atoms with van der Waals surface area (Å²) in [5.74, 6) is 0.848. The molecule has 0 spiro atoms. The fourth-order valence-electron chi connectivity index (χ4n) is 2.83. The monoisotopic (exact) mass is 245 g/mol. The number of likely N-dealkylation sites (tertiary alicyclic amines) is 1. The van der Waals surface area contributed by atoms with Gasteiger partial charge in [-0.05, 0) is 62.4 Å². The first-order valence-corrected chi connectivity index (χ1v) is 7.25. The Hall–Kier alpha value is -0.930. The normalized spacial score (nSPS) is 25.2. The molecule has 2 heterocycles. The van der Waals surface area contributed by atoms with Crippen LogP contribution in [0.1, 0.15) is 31.2 Å². The first-order valence-electron chi connectivity index (χ1n) is 7.25. The third-order valence-electron chi connectivity index (χ3n) is 4.03. The Labute approximate surface area is 110 Å². The van der Waals surface area contributed by atoms with E-state index in [9.17, 15) is 0 Å². The SMILES string of the molecule is c1cc(CN2CCCC(CNC3CC3)C2)ccn1. The zero-order valence-corrected chi connectivity index (χ0v) is 11.0. The van der Waals surface area contributed by atoms with E-state index in [1.807, 2.05) is 12.4 Å². The number of nitrogens with one attached hydrogen (secondary N) is 1. The van der Waals surface area contributed by atoms with E-state index in [1.54, 1.807) is 0 Å². The lowest BCUT2D eigenvalue weighted by Crippen LogP contribution is -2.39. The van der Waals surface area contributed by atoms with Crippen LogP contribution < -0.4 is 5.32 Å². The van der Waals surface area contributed by atoms with Gasteiger partial charge in [0.2, 0.25) is 0 Å². The maximum absolute atomic E-state index is 4.08. The van der Waals surface area contributed by atoms with Gasteiger partial charge in [0, 0.05) is 31.5 Å². The molecule has 3 rings (SSSR count). The van der Waals surface area contributed by atoms with Crippen LogP contribution in [-0.2, 0) is 6.54 Å². The summed E-state index contributed by atoms with van der Waals surface area (Å²) in [6.07, 6.45) is 9.33. The van der Waals surface area contributed by atoms with E-state index in [-0.39, 0.29) is 0 Å². The van der Waals surface area contributed by atoms with Crippen molar-refractivity contribution >= 4 is 0 Å². The minimum absolute atomic E-state index is 0.848. The lowest BCUT2D eigenvalue weighted by atomic mass is 9.97. The molecule has 3 nitrogen and oxygen atoms in total. The highest BCUT2D eigenvalue weighted by Gasteiger charge is 2.24. The quantitative estimate of drug-likeness (QED) is 0.860. The average Bonchev–Trinajstić information content (AvgIpc) is 3.22. The van der Waals surface area contributed by atoms with Gasteiger partial charge >= 0.3 is 0 Å². The van der Waals surface area contributed by atoms with Gasteiger partial charge in [-0.1, -0.05) is 0 Å². The minimum atomic E-state index is 0.848. The molecule has 0 aromatic carbocycles. The van der Waals surface area contributed by atoms with Crippen molar-refractivity contribution < 1.29 is 0 Å². The number of piperidine rings is 1. The molecule has 1 saturated heterocycles. The summed E-state index contributed by atoms with van der Waals surface area (Å²) >= 11 is 0. The smallest absolute Gasteiger partial charge is 0.0271 e. The van der Waals surface area contributed by atoms with Crippen LogP contribution in [0, 0.1) is 5.92 Å². The van der Waals surface area contributed by atoms with E-state index < -0.39 is 0 Å². The molecular formula is C15H23N3. The Bertz CT molecular complexity index is 361. The Morgan fingerprint density at radius 1 is 1.22 bits per heavy atom. The van der Waals surface area contributed by atoms with Crippen LogP contribution in [0.2, 0.25) is 0 Å². The number of hydrogen-bond acceptors (Lipinski definition) is 3. The van der Waals surface area contributed by atoms with Crippen molar-refractivity contribution in [3.63, 3.8) is 0 Å². The molecule has 0 amide bonds. The van der Waals surface area contributed by atoms with Gasteiger partial charge in [-0.25, -0.2) is 0 Å². The summed E-state index contributed by atoms with van der Waals surface area (Å²) in [5.41, 5.74) is 1.39. The molecule has 1 atom stereocenters. The highest BCUT2D eigenvalue weighted by molar-refractivity contribution is 5.09. The first kappa shape index (κ1) is 12.1. The summed E-state index contributed by atoms with van der Waals surface area (Å²) in [4.78, 5) is 6.68. The van der Waals surface area contributed by atoms with Gasteiger partial charge in [0.25, 0.3) is 0 Å². The largest absolute Gasteiger partial charge is 0.314 e. The van der Waals surface area contributed by atoms with Gasteiger partial charge in [0.1, 0.15) is 0 Å². The molecule has 1 unspecified atom stereocenters. The van der Waals surface area contributed by atoms with Crippen molar-refractivity contribution in [2.45, 2.75) is 38.3 Å². The van der Waals surface area contributed by atoms with Crippen molar-refractivity contribution in [3.05, 3.63) is 30.1 Å². The van der Waals surface area contributed by atoms with Crippen LogP contribution in [-0.4, -0.2) is 35.6 Å². The second kappa shape index (κ2) is 5.81. The van der Waals surface area contributed by atoms with Crippen molar-refractivity contribution in [2.75, 3.05) is 19.6 Å². The van der Waals surface area contributed by atoms with Crippen LogP contribution in [0.25, 0.3) is 0 Å². The molecule has 98 valence electrons. The highest BCUT2D eigenvalue weighted by atomic mass is 15.1. The van der Waals surface area contributed by atoms with Gasteiger partial charge in [-0.3, -0.25) is 9.88 Å². The topological polar surface area (TPSA) is 28.2 Å². The van der Waals surface area contributed by atoms with E-state index in [0.717, 1.165) is 18.5 Å². The Morgan fingerprint density at radius 2 is 2.06 bits per heavy atom. The summed E-state index contributed by atoms with van der Waals surface area (Å²) in [7, 11) is 0. The molecule has 1 aliphatic heterocycles.